The Balaban J connectivity index is 2.27. The fraction of sp³-hybridized carbons (Fsp3) is 0.263. The molecule has 7 nitrogen and oxygen atoms in total. The van der Waals surface area contributed by atoms with Crippen LogP contribution in [0, 0.1) is 6.92 Å². The molecule has 0 saturated carbocycles. The van der Waals surface area contributed by atoms with Gasteiger partial charge in [0.1, 0.15) is 0 Å². The number of aryl methyl sites for hydroxylation is 1. The molecule has 0 unspecified atom stereocenters. The fourth-order valence-corrected chi connectivity index (χ4v) is 3.94. The van der Waals surface area contributed by atoms with Crippen LogP contribution in [-0.2, 0) is 10.0 Å². The molecule has 0 saturated heterocycles. The predicted molar refractivity (Wildman–Crippen MR) is 103 cm³/mol. The first kappa shape index (κ1) is 20.4. The number of aromatic carboxylic acids is 1. The molecule has 2 aromatic rings. The Hall–Kier alpha value is -2.87. The van der Waals surface area contributed by atoms with E-state index in [1.165, 1.54) is 24.3 Å². The monoisotopic (exact) mass is 390 g/mol. The summed E-state index contributed by atoms with van der Waals surface area (Å²) in [5, 5.41) is 9.07. The van der Waals surface area contributed by atoms with Gasteiger partial charge in [-0.3, -0.25) is 9.52 Å². The van der Waals surface area contributed by atoms with Gasteiger partial charge in [-0.2, -0.15) is 0 Å². The maximum Gasteiger partial charge on any atom is 0.335 e. The molecular weight excluding hydrogens is 368 g/mol. The Bertz CT molecular complexity index is 949. The van der Waals surface area contributed by atoms with Crippen molar-refractivity contribution < 1.29 is 23.1 Å². The molecule has 0 aliphatic heterocycles. The van der Waals surface area contributed by atoms with Crippen molar-refractivity contribution in [1.82, 2.24) is 4.90 Å². The van der Waals surface area contributed by atoms with Crippen LogP contribution >= 0.6 is 0 Å². The third-order valence-corrected chi connectivity index (χ3v) is 5.68. The number of carboxylic acid groups (broad SMARTS) is 1. The molecule has 0 heterocycles. The Labute approximate surface area is 158 Å². The molecule has 0 spiro atoms. The van der Waals surface area contributed by atoms with E-state index in [1.807, 2.05) is 13.8 Å². The van der Waals surface area contributed by atoms with E-state index in [2.05, 4.69) is 4.72 Å². The number of carbonyl (C=O) groups excluding carboxylic acids is 1. The lowest BCUT2D eigenvalue weighted by molar-refractivity contribution is 0.0695. The number of sulfonamides is 1. The summed E-state index contributed by atoms with van der Waals surface area (Å²) >= 11 is 0. The molecule has 0 aliphatic rings. The van der Waals surface area contributed by atoms with E-state index >= 15 is 0 Å². The normalized spacial score (nSPS) is 11.1. The highest BCUT2D eigenvalue weighted by Crippen LogP contribution is 2.21. The van der Waals surface area contributed by atoms with E-state index in [0.29, 0.717) is 24.2 Å². The number of carbonyl (C=O) groups is 2. The molecule has 144 valence electrons. The first-order valence-electron chi connectivity index (χ1n) is 8.45. The maximum atomic E-state index is 12.6. The Kier molecular flexibility index (Phi) is 6.22. The molecule has 0 aliphatic carbocycles. The lowest BCUT2D eigenvalue weighted by Crippen LogP contribution is -2.30. The predicted octanol–water partition coefficient (Wildman–Crippen LogP) is 2.98. The lowest BCUT2D eigenvalue weighted by Gasteiger charge is -2.18. The highest BCUT2D eigenvalue weighted by atomic mass is 32.2. The second-order valence-electron chi connectivity index (χ2n) is 5.95. The largest absolute Gasteiger partial charge is 0.478 e. The zero-order chi connectivity index (χ0) is 20.2. The van der Waals surface area contributed by atoms with Gasteiger partial charge >= 0.3 is 5.97 Å². The van der Waals surface area contributed by atoms with Gasteiger partial charge in [-0.15, -0.1) is 0 Å². The SMILES string of the molecule is CCN(CC)C(=O)c1ccc(NS(=O)(=O)c2cc(C(=O)O)ccc2C)cc1. The third kappa shape index (κ3) is 4.65. The number of nitrogens with one attached hydrogen (secondary N) is 1. The minimum absolute atomic E-state index is 0.106. The summed E-state index contributed by atoms with van der Waals surface area (Å²) in [6.45, 7) is 6.53. The van der Waals surface area contributed by atoms with Crippen molar-refractivity contribution in [2.75, 3.05) is 17.8 Å². The number of nitrogens with zero attached hydrogens (tertiary/aromatic N) is 1. The van der Waals surface area contributed by atoms with E-state index in [-0.39, 0.29) is 22.1 Å². The van der Waals surface area contributed by atoms with Crippen molar-refractivity contribution in [2.45, 2.75) is 25.7 Å². The average molecular weight is 390 g/mol. The molecule has 2 aromatic carbocycles. The van der Waals surface area contributed by atoms with Crippen molar-refractivity contribution in [3.63, 3.8) is 0 Å². The summed E-state index contributed by atoms with van der Waals surface area (Å²) in [7, 11) is -3.97. The fourth-order valence-electron chi connectivity index (χ4n) is 2.61. The van der Waals surface area contributed by atoms with Gasteiger partial charge in [0.2, 0.25) is 0 Å². The van der Waals surface area contributed by atoms with E-state index < -0.39 is 16.0 Å². The molecule has 2 N–H and O–H groups in total. The number of hydrogen-bond donors (Lipinski definition) is 2. The van der Waals surface area contributed by atoms with Crippen LogP contribution in [0.4, 0.5) is 5.69 Å². The number of anilines is 1. The van der Waals surface area contributed by atoms with Crippen LogP contribution in [0.3, 0.4) is 0 Å². The van der Waals surface area contributed by atoms with Crippen molar-refractivity contribution in [3.05, 3.63) is 59.2 Å². The molecule has 0 radical (unpaired) electrons. The van der Waals surface area contributed by atoms with Gasteiger partial charge in [0.15, 0.2) is 0 Å². The second kappa shape index (κ2) is 8.22. The quantitative estimate of drug-likeness (QED) is 0.756. The lowest BCUT2D eigenvalue weighted by atomic mass is 10.1. The number of hydrogen-bond acceptors (Lipinski definition) is 4. The topological polar surface area (TPSA) is 104 Å². The summed E-state index contributed by atoms with van der Waals surface area (Å²) < 4.78 is 27.7. The molecule has 1 amide bonds. The zero-order valence-electron chi connectivity index (χ0n) is 15.4. The minimum atomic E-state index is -3.97. The van der Waals surface area contributed by atoms with Gasteiger partial charge in [-0.05, 0) is 62.7 Å². The Morgan fingerprint density at radius 3 is 2.07 bits per heavy atom. The molecule has 0 atom stereocenters. The van der Waals surface area contributed by atoms with Gasteiger partial charge in [-0.25, -0.2) is 13.2 Å². The number of benzene rings is 2. The van der Waals surface area contributed by atoms with Crippen LogP contribution in [0.5, 0.6) is 0 Å². The molecule has 27 heavy (non-hydrogen) atoms. The standard InChI is InChI=1S/C19H22N2O5S/c1-4-21(5-2)18(22)14-8-10-16(11-9-14)20-27(25,26)17-12-15(19(23)24)7-6-13(17)3/h6-12,20H,4-5H2,1-3H3,(H,23,24). The van der Waals surface area contributed by atoms with Crippen LogP contribution in [-0.4, -0.2) is 43.4 Å². The first-order chi connectivity index (χ1) is 12.7. The van der Waals surface area contributed by atoms with Crippen LogP contribution in [0.15, 0.2) is 47.4 Å². The third-order valence-electron chi connectivity index (χ3n) is 4.16. The number of rotatable bonds is 7. The minimum Gasteiger partial charge on any atom is -0.478 e. The van der Waals surface area contributed by atoms with Crippen LogP contribution < -0.4 is 4.72 Å². The van der Waals surface area contributed by atoms with Crippen LogP contribution in [0.2, 0.25) is 0 Å². The van der Waals surface area contributed by atoms with E-state index in [1.54, 1.807) is 24.0 Å². The number of carboxylic acids is 1. The van der Waals surface area contributed by atoms with Crippen molar-refractivity contribution in [3.8, 4) is 0 Å². The number of amides is 1. The smallest absolute Gasteiger partial charge is 0.335 e. The van der Waals surface area contributed by atoms with E-state index in [9.17, 15) is 18.0 Å². The zero-order valence-corrected chi connectivity index (χ0v) is 16.2. The summed E-state index contributed by atoms with van der Waals surface area (Å²) in [5.74, 6) is -1.33. The van der Waals surface area contributed by atoms with Crippen molar-refractivity contribution in [2.24, 2.45) is 0 Å². The van der Waals surface area contributed by atoms with Crippen molar-refractivity contribution in [1.29, 1.82) is 0 Å². The molecular formula is C19H22N2O5S. The second-order valence-corrected chi connectivity index (χ2v) is 7.60. The van der Waals surface area contributed by atoms with Crippen molar-refractivity contribution >= 4 is 27.6 Å². The maximum absolute atomic E-state index is 12.6. The average Bonchev–Trinajstić information content (AvgIpc) is 2.63. The summed E-state index contributed by atoms with van der Waals surface area (Å²) in [5.41, 5.74) is 1.07. The van der Waals surface area contributed by atoms with Gasteiger partial charge < -0.3 is 10.0 Å². The van der Waals surface area contributed by atoms with Gasteiger partial charge in [0.05, 0.1) is 10.5 Å². The first-order valence-corrected chi connectivity index (χ1v) is 9.94. The Morgan fingerprint density at radius 1 is 1.00 bits per heavy atom. The highest BCUT2D eigenvalue weighted by molar-refractivity contribution is 7.92. The highest BCUT2D eigenvalue weighted by Gasteiger charge is 2.20. The molecule has 8 heteroatoms. The summed E-state index contributed by atoms with van der Waals surface area (Å²) in [4.78, 5) is 25.0. The molecule has 0 aromatic heterocycles. The summed E-state index contributed by atoms with van der Waals surface area (Å²) in [6.07, 6.45) is 0. The van der Waals surface area contributed by atoms with Crippen LogP contribution in [0.1, 0.15) is 40.1 Å². The van der Waals surface area contributed by atoms with Gasteiger partial charge in [0, 0.05) is 24.3 Å². The van der Waals surface area contributed by atoms with E-state index in [4.69, 9.17) is 5.11 Å². The van der Waals surface area contributed by atoms with Gasteiger partial charge in [0.25, 0.3) is 15.9 Å². The molecule has 0 fully saturated rings. The Morgan fingerprint density at radius 2 is 1.56 bits per heavy atom. The van der Waals surface area contributed by atoms with Crippen LogP contribution in [0.25, 0.3) is 0 Å². The van der Waals surface area contributed by atoms with E-state index in [0.717, 1.165) is 6.07 Å². The molecule has 0 bridgehead atoms. The van der Waals surface area contributed by atoms with Gasteiger partial charge in [-0.1, -0.05) is 6.07 Å². The summed E-state index contributed by atoms with van der Waals surface area (Å²) in [6, 6.07) is 10.0. The molecule has 2 rings (SSSR count).